The number of aromatic nitrogens is 2. The Labute approximate surface area is 199 Å². The Morgan fingerprint density at radius 3 is 2.33 bits per heavy atom. The summed E-state index contributed by atoms with van der Waals surface area (Å²) in [6.45, 7) is -0.766. The number of hydrogen-bond acceptors (Lipinski definition) is 4. The highest BCUT2D eigenvalue weighted by molar-refractivity contribution is 6.42. The Bertz CT molecular complexity index is 1340. The SMILES string of the molecule is O=C(Cn1c(=O)n(CC(=O)NC2CCCC2)c(=O)c2ccccc21)Nc1ccc(Cl)c(Cl)c1. The number of rotatable bonds is 6. The van der Waals surface area contributed by atoms with Crippen LogP contribution in [0.2, 0.25) is 10.0 Å². The molecule has 0 radical (unpaired) electrons. The van der Waals surface area contributed by atoms with Gasteiger partial charge < -0.3 is 10.6 Å². The number of carbonyl (C=O) groups excluding carboxylic acids is 2. The molecule has 3 aromatic rings. The molecule has 1 saturated carbocycles. The van der Waals surface area contributed by atoms with Gasteiger partial charge >= 0.3 is 5.69 Å². The molecule has 33 heavy (non-hydrogen) atoms. The predicted octanol–water partition coefficient (Wildman–Crippen LogP) is 3.17. The van der Waals surface area contributed by atoms with Crippen LogP contribution in [0.4, 0.5) is 5.69 Å². The molecule has 0 spiro atoms. The van der Waals surface area contributed by atoms with Gasteiger partial charge in [0.15, 0.2) is 0 Å². The van der Waals surface area contributed by atoms with Crippen LogP contribution in [-0.4, -0.2) is 27.0 Å². The summed E-state index contributed by atoms with van der Waals surface area (Å²) < 4.78 is 2.06. The molecule has 1 aromatic heterocycles. The van der Waals surface area contributed by atoms with Gasteiger partial charge in [0.2, 0.25) is 11.8 Å². The van der Waals surface area contributed by atoms with E-state index in [1.54, 1.807) is 36.4 Å². The van der Waals surface area contributed by atoms with E-state index in [4.69, 9.17) is 23.2 Å². The largest absolute Gasteiger partial charge is 0.352 e. The summed E-state index contributed by atoms with van der Waals surface area (Å²) >= 11 is 11.9. The fourth-order valence-corrected chi connectivity index (χ4v) is 4.37. The average Bonchev–Trinajstić information content (AvgIpc) is 3.29. The maximum atomic E-state index is 13.2. The number of nitrogens with zero attached hydrogens (tertiary/aromatic N) is 2. The van der Waals surface area contributed by atoms with Crippen molar-refractivity contribution in [1.29, 1.82) is 0 Å². The topological polar surface area (TPSA) is 102 Å². The zero-order valence-corrected chi connectivity index (χ0v) is 19.2. The minimum atomic E-state index is -0.732. The summed E-state index contributed by atoms with van der Waals surface area (Å²) in [6, 6.07) is 11.2. The molecular formula is C23H22Cl2N4O4. The van der Waals surface area contributed by atoms with Crippen molar-refractivity contribution in [1.82, 2.24) is 14.5 Å². The second-order valence-electron chi connectivity index (χ2n) is 8.00. The Morgan fingerprint density at radius 1 is 0.909 bits per heavy atom. The van der Waals surface area contributed by atoms with E-state index in [2.05, 4.69) is 10.6 Å². The maximum absolute atomic E-state index is 13.2. The molecule has 0 saturated heterocycles. The lowest BCUT2D eigenvalue weighted by Gasteiger charge is -2.16. The third-order valence-corrected chi connectivity index (χ3v) is 6.40. The molecule has 1 fully saturated rings. The van der Waals surface area contributed by atoms with Crippen LogP contribution >= 0.6 is 23.2 Å². The Morgan fingerprint density at radius 2 is 1.61 bits per heavy atom. The van der Waals surface area contributed by atoms with Gasteiger partial charge in [0.25, 0.3) is 5.56 Å². The number of para-hydroxylation sites is 1. The molecule has 8 nitrogen and oxygen atoms in total. The van der Waals surface area contributed by atoms with E-state index in [-0.39, 0.29) is 23.0 Å². The van der Waals surface area contributed by atoms with Crippen molar-refractivity contribution in [2.45, 2.75) is 44.8 Å². The quantitative estimate of drug-likeness (QED) is 0.556. The highest BCUT2D eigenvalue weighted by Crippen LogP contribution is 2.25. The van der Waals surface area contributed by atoms with Crippen molar-refractivity contribution >= 4 is 51.6 Å². The number of fused-ring (bicyclic) bond motifs is 1. The molecular weight excluding hydrogens is 467 g/mol. The van der Waals surface area contributed by atoms with Gasteiger partial charge in [0.1, 0.15) is 13.1 Å². The molecule has 1 heterocycles. The average molecular weight is 489 g/mol. The number of anilines is 1. The van der Waals surface area contributed by atoms with E-state index >= 15 is 0 Å². The lowest BCUT2D eigenvalue weighted by Crippen LogP contribution is -2.46. The molecule has 4 rings (SSSR count). The molecule has 0 unspecified atom stereocenters. The number of hydrogen-bond donors (Lipinski definition) is 2. The number of amides is 2. The maximum Gasteiger partial charge on any atom is 0.332 e. The van der Waals surface area contributed by atoms with Crippen molar-refractivity contribution in [2.75, 3.05) is 5.32 Å². The molecule has 1 aliphatic carbocycles. The molecule has 0 atom stereocenters. The van der Waals surface area contributed by atoms with Crippen LogP contribution in [0.5, 0.6) is 0 Å². The first-order valence-electron chi connectivity index (χ1n) is 10.6. The number of benzene rings is 2. The first-order valence-corrected chi connectivity index (χ1v) is 11.4. The summed E-state index contributed by atoms with van der Waals surface area (Å²) in [5.74, 6) is -0.899. The van der Waals surface area contributed by atoms with Gasteiger partial charge in [-0.3, -0.25) is 23.5 Å². The molecule has 2 N–H and O–H groups in total. The van der Waals surface area contributed by atoms with Crippen molar-refractivity contribution in [3.63, 3.8) is 0 Å². The second-order valence-corrected chi connectivity index (χ2v) is 8.82. The van der Waals surface area contributed by atoms with Gasteiger partial charge in [-0.1, -0.05) is 48.2 Å². The molecule has 2 amide bonds. The smallest absolute Gasteiger partial charge is 0.332 e. The fourth-order valence-electron chi connectivity index (χ4n) is 4.07. The molecule has 1 aliphatic rings. The van der Waals surface area contributed by atoms with Crippen molar-refractivity contribution in [2.24, 2.45) is 0 Å². The Balaban J connectivity index is 1.64. The summed E-state index contributed by atoms with van der Waals surface area (Å²) in [4.78, 5) is 51.4. The summed E-state index contributed by atoms with van der Waals surface area (Å²) in [5, 5.41) is 6.42. The molecule has 172 valence electrons. The number of nitrogens with one attached hydrogen (secondary N) is 2. The van der Waals surface area contributed by atoms with Crippen LogP contribution in [0.25, 0.3) is 10.9 Å². The highest BCUT2D eigenvalue weighted by Gasteiger charge is 2.20. The normalized spacial score (nSPS) is 13.9. The third-order valence-electron chi connectivity index (χ3n) is 5.66. The van der Waals surface area contributed by atoms with E-state index < -0.39 is 29.6 Å². The van der Waals surface area contributed by atoms with Crippen LogP contribution in [0.3, 0.4) is 0 Å². The lowest BCUT2D eigenvalue weighted by atomic mass is 10.2. The van der Waals surface area contributed by atoms with E-state index in [0.717, 1.165) is 30.3 Å². The van der Waals surface area contributed by atoms with E-state index in [0.29, 0.717) is 16.2 Å². The fraction of sp³-hybridized carbons (Fsp3) is 0.304. The van der Waals surface area contributed by atoms with Gasteiger partial charge in [-0.05, 0) is 43.2 Å². The molecule has 0 bridgehead atoms. The zero-order valence-electron chi connectivity index (χ0n) is 17.6. The minimum absolute atomic E-state index is 0.0628. The standard InChI is InChI=1S/C23H22Cl2N4O4/c24-17-10-9-15(11-18(17)25)27-20(30)12-28-19-8-4-3-7-16(19)22(32)29(23(28)33)13-21(31)26-14-5-1-2-6-14/h3-4,7-11,14H,1-2,5-6,12-13H2,(H,26,31)(H,27,30). The van der Waals surface area contributed by atoms with Gasteiger partial charge in [0, 0.05) is 11.7 Å². The van der Waals surface area contributed by atoms with Crippen molar-refractivity contribution in [3.8, 4) is 0 Å². The van der Waals surface area contributed by atoms with Crippen LogP contribution < -0.4 is 21.9 Å². The molecule has 2 aromatic carbocycles. The first-order chi connectivity index (χ1) is 15.8. The zero-order chi connectivity index (χ0) is 23.5. The minimum Gasteiger partial charge on any atom is -0.352 e. The van der Waals surface area contributed by atoms with Crippen molar-refractivity contribution in [3.05, 3.63) is 73.3 Å². The van der Waals surface area contributed by atoms with Crippen molar-refractivity contribution < 1.29 is 9.59 Å². The first kappa shape index (κ1) is 23.1. The Hall–Kier alpha value is -3.10. The van der Waals surface area contributed by atoms with Crippen LogP contribution in [0, 0.1) is 0 Å². The van der Waals surface area contributed by atoms with E-state index in [1.165, 1.54) is 10.6 Å². The van der Waals surface area contributed by atoms with Gasteiger partial charge in [-0.2, -0.15) is 0 Å². The molecule has 0 aliphatic heterocycles. The third kappa shape index (κ3) is 5.12. The van der Waals surface area contributed by atoms with Crippen LogP contribution in [0.15, 0.2) is 52.1 Å². The van der Waals surface area contributed by atoms with Crippen LogP contribution in [0.1, 0.15) is 25.7 Å². The van der Waals surface area contributed by atoms with Gasteiger partial charge in [0.05, 0.1) is 20.9 Å². The van der Waals surface area contributed by atoms with Gasteiger partial charge in [-0.15, -0.1) is 0 Å². The second kappa shape index (κ2) is 9.80. The molecule has 10 heteroatoms. The van der Waals surface area contributed by atoms with E-state index in [1.807, 2.05) is 0 Å². The number of halogens is 2. The summed E-state index contributed by atoms with van der Waals surface area (Å²) in [7, 11) is 0. The lowest BCUT2D eigenvalue weighted by molar-refractivity contribution is -0.122. The number of carbonyl (C=O) groups is 2. The summed E-state index contributed by atoms with van der Waals surface area (Å²) in [5.41, 5.74) is -0.580. The highest BCUT2D eigenvalue weighted by atomic mass is 35.5. The summed E-state index contributed by atoms with van der Waals surface area (Å²) in [6.07, 6.45) is 3.86. The Kier molecular flexibility index (Phi) is 6.85. The predicted molar refractivity (Wildman–Crippen MR) is 128 cm³/mol. The van der Waals surface area contributed by atoms with Crippen LogP contribution in [-0.2, 0) is 22.7 Å². The van der Waals surface area contributed by atoms with Gasteiger partial charge in [-0.25, -0.2) is 4.79 Å². The van der Waals surface area contributed by atoms with E-state index in [9.17, 15) is 19.2 Å². The monoisotopic (exact) mass is 488 g/mol.